The van der Waals surface area contributed by atoms with Crippen molar-refractivity contribution in [3.63, 3.8) is 0 Å². The van der Waals surface area contributed by atoms with Crippen molar-refractivity contribution < 1.29 is 0 Å². The van der Waals surface area contributed by atoms with Gasteiger partial charge < -0.3 is 9.13 Å². The summed E-state index contributed by atoms with van der Waals surface area (Å²) in [6.45, 7) is 0.738. The molecule has 128 valence electrons. The molecule has 6 rings (SSSR count). The molecule has 0 unspecified atom stereocenters. The first-order valence-electron chi connectivity index (χ1n) is 9.04. The van der Waals surface area contributed by atoms with Gasteiger partial charge in [-0.3, -0.25) is 9.97 Å². The third-order valence-corrected chi connectivity index (χ3v) is 5.43. The van der Waals surface area contributed by atoms with E-state index >= 15 is 0 Å². The van der Waals surface area contributed by atoms with Crippen molar-refractivity contribution in [1.29, 1.82) is 0 Å². The van der Waals surface area contributed by atoms with Gasteiger partial charge in [0.2, 0.25) is 0 Å². The highest BCUT2D eigenvalue weighted by Crippen LogP contribution is 2.32. The van der Waals surface area contributed by atoms with Gasteiger partial charge in [0, 0.05) is 46.3 Å². The van der Waals surface area contributed by atoms with Crippen LogP contribution in [0.5, 0.6) is 0 Å². The average molecular weight is 348 g/mol. The van der Waals surface area contributed by atoms with Gasteiger partial charge in [0.25, 0.3) is 0 Å². The number of hydrogen-bond donors (Lipinski definition) is 0. The van der Waals surface area contributed by atoms with Gasteiger partial charge in [0.15, 0.2) is 0 Å². The molecule has 0 aliphatic carbocycles. The van der Waals surface area contributed by atoms with Crippen molar-refractivity contribution in [1.82, 2.24) is 19.1 Å². The lowest BCUT2D eigenvalue weighted by Gasteiger charge is -2.12. The van der Waals surface area contributed by atoms with Crippen LogP contribution in [-0.4, -0.2) is 19.1 Å². The summed E-state index contributed by atoms with van der Waals surface area (Å²) in [4.78, 5) is 8.69. The number of nitrogens with zero attached hydrogens (tertiary/aromatic N) is 4. The van der Waals surface area contributed by atoms with Crippen molar-refractivity contribution >= 4 is 43.6 Å². The van der Waals surface area contributed by atoms with E-state index in [0.29, 0.717) is 0 Å². The molecule has 0 fully saturated rings. The summed E-state index contributed by atoms with van der Waals surface area (Å²) in [5, 5.41) is 4.86. The molecule has 4 nitrogen and oxygen atoms in total. The van der Waals surface area contributed by atoms with E-state index in [1.807, 2.05) is 24.8 Å². The molecule has 4 heterocycles. The van der Waals surface area contributed by atoms with Crippen LogP contribution in [0.4, 0.5) is 0 Å². The summed E-state index contributed by atoms with van der Waals surface area (Å²) in [5.41, 5.74) is 4.85. The Kier molecular flexibility index (Phi) is 2.91. The lowest BCUT2D eigenvalue weighted by Crippen LogP contribution is -2.07. The van der Waals surface area contributed by atoms with Crippen LogP contribution in [0.1, 0.15) is 0 Å². The predicted molar refractivity (Wildman–Crippen MR) is 110 cm³/mol. The lowest BCUT2D eigenvalue weighted by atomic mass is 10.2. The molecule has 0 aliphatic rings. The van der Waals surface area contributed by atoms with E-state index in [0.717, 1.165) is 6.67 Å². The molecule has 0 atom stereocenters. The van der Waals surface area contributed by atoms with Crippen LogP contribution in [0.25, 0.3) is 43.6 Å². The molecule has 0 bridgehead atoms. The SMILES string of the molecule is c1ccc2c(c1)c1cnccc1n2Cn1c2ccccc2c2cnccc21. The Morgan fingerprint density at radius 2 is 0.963 bits per heavy atom. The third-order valence-electron chi connectivity index (χ3n) is 5.43. The van der Waals surface area contributed by atoms with Crippen LogP contribution in [0.3, 0.4) is 0 Å². The number of rotatable bonds is 2. The molecule has 0 radical (unpaired) electrons. The zero-order valence-electron chi connectivity index (χ0n) is 14.6. The first-order valence-corrected chi connectivity index (χ1v) is 9.04. The summed E-state index contributed by atoms with van der Waals surface area (Å²) < 4.78 is 4.75. The Morgan fingerprint density at radius 3 is 1.48 bits per heavy atom. The second kappa shape index (κ2) is 5.42. The minimum atomic E-state index is 0.738. The van der Waals surface area contributed by atoms with Crippen LogP contribution in [0, 0.1) is 0 Å². The number of pyridine rings is 2. The Bertz CT molecular complexity index is 1240. The van der Waals surface area contributed by atoms with Crippen LogP contribution in [-0.2, 0) is 6.67 Å². The molecule has 2 aromatic carbocycles. The van der Waals surface area contributed by atoms with Gasteiger partial charge in [-0.05, 0) is 24.3 Å². The zero-order valence-corrected chi connectivity index (χ0v) is 14.6. The molecule has 0 saturated carbocycles. The van der Waals surface area contributed by atoms with Gasteiger partial charge in [-0.25, -0.2) is 0 Å². The molecule has 0 N–H and O–H groups in total. The molecule has 0 spiro atoms. The van der Waals surface area contributed by atoms with Crippen LogP contribution in [0.15, 0.2) is 85.5 Å². The summed E-state index contributed by atoms with van der Waals surface area (Å²) in [5.74, 6) is 0. The maximum absolute atomic E-state index is 4.34. The van der Waals surface area contributed by atoms with E-state index in [1.165, 1.54) is 43.6 Å². The molecular weight excluding hydrogens is 332 g/mol. The lowest BCUT2D eigenvalue weighted by molar-refractivity contribution is 0.682. The summed E-state index contributed by atoms with van der Waals surface area (Å²) in [7, 11) is 0. The summed E-state index contributed by atoms with van der Waals surface area (Å²) in [6.07, 6.45) is 7.66. The van der Waals surface area contributed by atoms with Crippen LogP contribution in [0.2, 0.25) is 0 Å². The highest BCUT2D eigenvalue weighted by Gasteiger charge is 2.14. The predicted octanol–water partition coefficient (Wildman–Crippen LogP) is 5.20. The second-order valence-electron chi connectivity index (χ2n) is 6.82. The first kappa shape index (κ1) is 14.5. The highest BCUT2D eigenvalue weighted by atomic mass is 15.2. The standard InChI is InChI=1S/C23H16N4/c1-3-7-20-16(5-1)18-13-24-11-9-22(18)26(20)15-27-21-8-4-2-6-17(21)19-14-25-12-10-23(19)27/h1-14H,15H2. The Balaban J connectivity index is 1.70. The third kappa shape index (κ3) is 1.98. The van der Waals surface area contributed by atoms with E-state index in [1.54, 1.807) is 0 Å². The Labute approximate surface area is 155 Å². The normalized spacial score (nSPS) is 11.9. The molecule has 0 aliphatic heterocycles. The van der Waals surface area contributed by atoms with Crippen molar-refractivity contribution in [3.05, 3.63) is 85.5 Å². The number of fused-ring (bicyclic) bond motifs is 6. The van der Waals surface area contributed by atoms with Crippen molar-refractivity contribution in [2.45, 2.75) is 6.67 Å². The van der Waals surface area contributed by atoms with Gasteiger partial charge in [0.1, 0.15) is 6.67 Å². The quantitative estimate of drug-likeness (QED) is 0.431. The van der Waals surface area contributed by atoms with Crippen molar-refractivity contribution in [2.24, 2.45) is 0 Å². The minimum Gasteiger partial charge on any atom is -0.322 e. The molecule has 0 amide bonds. The fourth-order valence-corrected chi connectivity index (χ4v) is 4.24. The Hall–Kier alpha value is -3.66. The number of aromatic nitrogens is 4. The topological polar surface area (TPSA) is 35.6 Å². The van der Waals surface area contributed by atoms with Gasteiger partial charge >= 0.3 is 0 Å². The van der Waals surface area contributed by atoms with Gasteiger partial charge in [0.05, 0.1) is 22.1 Å². The smallest absolute Gasteiger partial charge is 0.100 e. The minimum absolute atomic E-state index is 0.738. The van der Waals surface area contributed by atoms with E-state index in [4.69, 9.17) is 0 Å². The number of hydrogen-bond acceptors (Lipinski definition) is 2. The maximum atomic E-state index is 4.34. The molecule has 27 heavy (non-hydrogen) atoms. The Morgan fingerprint density at radius 1 is 0.519 bits per heavy atom. The zero-order chi connectivity index (χ0) is 17.8. The van der Waals surface area contributed by atoms with Gasteiger partial charge in [-0.15, -0.1) is 0 Å². The maximum Gasteiger partial charge on any atom is 0.100 e. The monoisotopic (exact) mass is 348 g/mol. The summed E-state index contributed by atoms with van der Waals surface area (Å²) >= 11 is 0. The van der Waals surface area contributed by atoms with Crippen LogP contribution < -0.4 is 0 Å². The fraction of sp³-hybridized carbons (Fsp3) is 0.0435. The molecule has 4 heteroatoms. The molecular formula is C23H16N4. The number of para-hydroxylation sites is 2. The second-order valence-corrected chi connectivity index (χ2v) is 6.82. The fourth-order valence-electron chi connectivity index (χ4n) is 4.24. The van der Waals surface area contributed by atoms with E-state index in [-0.39, 0.29) is 0 Å². The largest absolute Gasteiger partial charge is 0.322 e. The molecule has 6 aromatic rings. The van der Waals surface area contributed by atoms with E-state index in [9.17, 15) is 0 Å². The molecule has 0 saturated heterocycles. The van der Waals surface area contributed by atoms with Gasteiger partial charge in [-0.1, -0.05) is 36.4 Å². The average Bonchev–Trinajstić information content (AvgIpc) is 3.23. The highest BCUT2D eigenvalue weighted by molar-refractivity contribution is 6.09. The van der Waals surface area contributed by atoms with Gasteiger partial charge in [-0.2, -0.15) is 0 Å². The molecule has 4 aromatic heterocycles. The first-order chi connectivity index (χ1) is 13.4. The van der Waals surface area contributed by atoms with E-state index < -0.39 is 0 Å². The van der Waals surface area contributed by atoms with Crippen molar-refractivity contribution in [3.8, 4) is 0 Å². The van der Waals surface area contributed by atoms with Crippen molar-refractivity contribution in [2.75, 3.05) is 0 Å². The van der Waals surface area contributed by atoms with Crippen LogP contribution >= 0.6 is 0 Å². The van der Waals surface area contributed by atoms with E-state index in [2.05, 4.69) is 79.8 Å². The summed E-state index contributed by atoms with van der Waals surface area (Å²) in [6, 6.07) is 21.3. The number of benzene rings is 2.